The van der Waals surface area contributed by atoms with Crippen molar-refractivity contribution in [1.82, 2.24) is 15.6 Å². The third-order valence-corrected chi connectivity index (χ3v) is 2.91. The highest BCUT2D eigenvalue weighted by Crippen LogP contribution is 2.07. The molecule has 0 aromatic carbocycles. The third-order valence-electron chi connectivity index (χ3n) is 2.91. The lowest BCUT2D eigenvalue weighted by Gasteiger charge is -2.09. The summed E-state index contributed by atoms with van der Waals surface area (Å²) in [7, 11) is 0. The molecule has 0 aliphatic carbocycles. The van der Waals surface area contributed by atoms with E-state index < -0.39 is 0 Å². The zero-order valence-electron chi connectivity index (χ0n) is 8.97. The van der Waals surface area contributed by atoms with E-state index >= 15 is 0 Å². The van der Waals surface area contributed by atoms with Crippen LogP contribution in [0.4, 0.5) is 0 Å². The zero-order valence-corrected chi connectivity index (χ0v) is 8.97. The summed E-state index contributed by atoms with van der Waals surface area (Å²) in [5, 5.41) is 6.25. The number of aromatic amines is 1. The highest BCUT2D eigenvalue weighted by atomic mass is 16.1. The molecule has 1 fully saturated rings. The van der Waals surface area contributed by atoms with Gasteiger partial charge < -0.3 is 15.6 Å². The summed E-state index contributed by atoms with van der Waals surface area (Å²) < 4.78 is 0. The number of rotatable bonds is 3. The predicted octanol–water partition coefficient (Wildman–Crippen LogP) is 0.662. The topological polar surface area (TPSA) is 56.9 Å². The van der Waals surface area contributed by atoms with Gasteiger partial charge in [-0.2, -0.15) is 0 Å². The molecule has 3 N–H and O–H groups in total. The van der Waals surface area contributed by atoms with Crippen LogP contribution in [0.25, 0.3) is 0 Å². The molecule has 0 saturated carbocycles. The van der Waals surface area contributed by atoms with E-state index in [1.807, 2.05) is 13.0 Å². The molecule has 0 spiro atoms. The largest absolute Gasteiger partial charge is 0.365 e. The van der Waals surface area contributed by atoms with Gasteiger partial charge in [-0.05, 0) is 38.4 Å². The fraction of sp³-hybridized carbons (Fsp3) is 0.545. The molecule has 4 nitrogen and oxygen atoms in total. The Morgan fingerprint density at radius 1 is 1.67 bits per heavy atom. The lowest BCUT2D eigenvalue weighted by Crippen LogP contribution is -2.30. The first-order valence-corrected chi connectivity index (χ1v) is 5.40. The smallest absolute Gasteiger partial charge is 0.253 e. The van der Waals surface area contributed by atoms with Gasteiger partial charge in [-0.3, -0.25) is 4.79 Å². The van der Waals surface area contributed by atoms with Crippen molar-refractivity contribution in [1.29, 1.82) is 0 Å². The van der Waals surface area contributed by atoms with Crippen LogP contribution in [-0.2, 0) is 0 Å². The Morgan fingerprint density at radius 2 is 2.53 bits per heavy atom. The Kier molecular flexibility index (Phi) is 3.06. The van der Waals surface area contributed by atoms with Gasteiger partial charge in [-0.1, -0.05) is 0 Å². The summed E-state index contributed by atoms with van der Waals surface area (Å²) in [6, 6.07) is 1.82. The molecule has 1 amide bonds. The van der Waals surface area contributed by atoms with Crippen LogP contribution in [0.2, 0.25) is 0 Å². The summed E-state index contributed by atoms with van der Waals surface area (Å²) in [4.78, 5) is 14.7. The van der Waals surface area contributed by atoms with Crippen LogP contribution in [0.3, 0.4) is 0 Å². The lowest BCUT2D eigenvalue weighted by molar-refractivity contribution is 0.0948. The lowest BCUT2D eigenvalue weighted by atomic mass is 10.1. The molecule has 0 radical (unpaired) electrons. The quantitative estimate of drug-likeness (QED) is 0.682. The van der Waals surface area contributed by atoms with E-state index in [1.54, 1.807) is 6.20 Å². The average molecular weight is 207 g/mol. The van der Waals surface area contributed by atoms with Gasteiger partial charge in [0.2, 0.25) is 0 Å². The number of aryl methyl sites for hydroxylation is 1. The number of amides is 1. The SMILES string of the molecule is Cc1[nH]ccc1C(=O)NCC1CCNC1. The number of hydrogen-bond donors (Lipinski definition) is 3. The Bertz CT molecular complexity index is 339. The maximum absolute atomic E-state index is 11.7. The number of hydrogen-bond acceptors (Lipinski definition) is 2. The first-order chi connectivity index (χ1) is 7.27. The molecule has 2 heterocycles. The van der Waals surface area contributed by atoms with Gasteiger partial charge in [-0.15, -0.1) is 0 Å². The van der Waals surface area contributed by atoms with E-state index in [-0.39, 0.29) is 5.91 Å². The Labute approximate surface area is 89.5 Å². The third kappa shape index (κ3) is 2.39. The van der Waals surface area contributed by atoms with Crippen LogP contribution >= 0.6 is 0 Å². The molecule has 2 rings (SSSR count). The standard InChI is InChI=1S/C11H17N3O/c1-8-10(3-5-13-8)11(15)14-7-9-2-4-12-6-9/h3,5,9,12-13H,2,4,6-7H2,1H3,(H,14,15). The second-order valence-corrected chi connectivity index (χ2v) is 4.09. The molecule has 82 valence electrons. The van der Waals surface area contributed by atoms with Crippen LogP contribution in [-0.4, -0.2) is 30.5 Å². The Balaban J connectivity index is 1.84. The van der Waals surface area contributed by atoms with Crippen molar-refractivity contribution < 1.29 is 4.79 Å². The first-order valence-electron chi connectivity index (χ1n) is 5.40. The molecule has 4 heteroatoms. The van der Waals surface area contributed by atoms with E-state index in [0.29, 0.717) is 5.92 Å². The Morgan fingerprint density at radius 3 is 3.13 bits per heavy atom. The van der Waals surface area contributed by atoms with E-state index in [0.717, 1.165) is 37.3 Å². The highest BCUT2D eigenvalue weighted by Gasteiger charge is 2.16. The summed E-state index contributed by atoms with van der Waals surface area (Å²) in [5.41, 5.74) is 1.68. The molecule has 1 aromatic heterocycles. The van der Waals surface area contributed by atoms with Crippen LogP contribution in [0.5, 0.6) is 0 Å². The highest BCUT2D eigenvalue weighted by molar-refractivity contribution is 5.95. The summed E-state index contributed by atoms with van der Waals surface area (Å²) in [6.45, 7) is 4.78. The van der Waals surface area contributed by atoms with Gasteiger partial charge in [0.1, 0.15) is 0 Å². The average Bonchev–Trinajstić information content (AvgIpc) is 2.84. The fourth-order valence-corrected chi connectivity index (χ4v) is 1.92. The van der Waals surface area contributed by atoms with Crippen LogP contribution in [0.15, 0.2) is 12.3 Å². The van der Waals surface area contributed by atoms with Crippen molar-refractivity contribution in [2.45, 2.75) is 13.3 Å². The van der Waals surface area contributed by atoms with Crippen LogP contribution in [0, 0.1) is 12.8 Å². The summed E-state index contributed by atoms with van der Waals surface area (Å²) in [5.74, 6) is 0.619. The van der Waals surface area contributed by atoms with E-state index in [2.05, 4.69) is 15.6 Å². The second kappa shape index (κ2) is 4.49. The Hall–Kier alpha value is -1.29. The van der Waals surface area contributed by atoms with Crippen molar-refractivity contribution >= 4 is 5.91 Å². The molecule has 1 atom stereocenters. The molecule has 0 bridgehead atoms. The van der Waals surface area contributed by atoms with Crippen molar-refractivity contribution in [2.75, 3.05) is 19.6 Å². The van der Waals surface area contributed by atoms with Gasteiger partial charge in [-0.25, -0.2) is 0 Å². The monoisotopic (exact) mass is 207 g/mol. The number of aromatic nitrogens is 1. The molecule has 1 unspecified atom stereocenters. The molecule has 1 aliphatic rings. The molecule has 15 heavy (non-hydrogen) atoms. The predicted molar refractivity (Wildman–Crippen MR) is 58.8 cm³/mol. The van der Waals surface area contributed by atoms with Gasteiger partial charge in [0, 0.05) is 18.4 Å². The van der Waals surface area contributed by atoms with Crippen molar-refractivity contribution in [3.05, 3.63) is 23.5 Å². The van der Waals surface area contributed by atoms with E-state index in [9.17, 15) is 4.79 Å². The molecule has 1 aliphatic heterocycles. The normalized spacial score (nSPS) is 20.5. The first kappa shape index (κ1) is 10.2. The number of nitrogens with one attached hydrogen (secondary N) is 3. The van der Waals surface area contributed by atoms with Gasteiger partial charge in [0.15, 0.2) is 0 Å². The maximum Gasteiger partial charge on any atom is 0.253 e. The zero-order chi connectivity index (χ0) is 10.7. The van der Waals surface area contributed by atoms with Crippen LogP contribution in [0.1, 0.15) is 22.5 Å². The van der Waals surface area contributed by atoms with Gasteiger partial charge >= 0.3 is 0 Å². The number of carbonyl (C=O) groups excluding carboxylic acids is 1. The summed E-state index contributed by atoms with van der Waals surface area (Å²) >= 11 is 0. The van der Waals surface area contributed by atoms with Crippen molar-refractivity contribution in [2.24, 2.45) is 5.92 Å². The van der Waals surface area contributed by atoms with Crippen molar-refractivity contribution in [3.63, 3.8) is 0 Å². The molecular weight excluding hydrogens is 190 g/mol. The minimum Gasteiger partial charge on any atom is -0.365 e. The van der Waals surface area contributed by atoms with Crippen LogP contribution < -0.4 is 10.6 Å². The summed E-state index contributed by atoms with van der Waals surface area (Å²) in [6.07, 6.45) is 2.95. The molecule has 1 saturated heterocycles. The van der Waals surface area contributed by atoms with E-state index in [4.69, 9.17) is 0 Å². The number of H-pyrrole nitrogens is 1. The minimum atomic E-state index is 0.0284. The molecular formula is C11H17N3O. The molecule has 1 aromatic rings. The maximum atomic E-state index is 11.7. The van der Waals surface area contributed by atoms with E-state index in [1.165, 1.54) is 0 Å². The van der Waals surface area contributed by atoms with Gasteiger partial charge in [0.25, 0.3) is 5.91 Å². The van der Waals surface area contributed by atoms with Gasteiger partial charge in [0.05, 0.1) is 5.56 Å². The van der Waals surface area contributed by atoms with Crippen molar-refractivity contribution in [3.8, 4) is 0 Å². The fourth-order valence-electron chi connectivity index (χ4n) is 1.92. The second-order valence-electron chi connectivity index (χ2n) is 4.09. The minimum absolute atomic E-state index is 0.0284. The number of carbonyl (C=O) groups is 1.